The molecule has 1 aromatic rings. The maximum atomic E-state index is 10.1. The van der Waals surface area contributed by atoms with Crippen LogP contribution in [0.3, 0.4) is 0 Å². The van der Waals surface area contributed by atoms with Gasteiger partial charge in [0.05, 0.1) is 20.3 Å². The minimum absolute atomic E-state index is 0.503. The minimum Gasteiger partial charge on any atom is -0.495 e. The van der Waals surface area contributed by atoms with Crippen molar-refractivity contribution < 1.29 is 14.6 Å². The lowest BCUT2D eigenvalue weighted by Gasteiger charge is -2.18. The Hall–Kier alpha value is -0.780. The van der Waals surface area contributed by atoms with Crippen LogP contribution in [0.2, 0.25) is 0 Å². The summed E-state index contributed by atoms with van der Waals surface area (Å²) in [5, 5.41) is 13.3. The van der Waals surface area contributed by atoms with Crippen LogP contribution in [0, 0.1) is 0 Å². The van der Waals surface area contributed by atoms with E-state index >= 15 is 0 Å². The van der Waals surface area contributed by atoms with Crippen LogP contribution in [-0.4, -0.2) is 32.4 Å². The number of nitrogens with one attached hydrogen (secondary N) is 1. The molecule has 0 radical (unpaired) electrons. The zero-order chi connectivity index (χ0) is 13.5. The van der Waals surface area contributed by atoms with E-state index in [1.165, 1.54) is 0 Å². The Labute approximate surface area is 116 Å². The Morgan fingerprint density at radius 3 is 2.61 bits per heavy atom. The second kappa shape index (κ2) is 7.61. The SMILES string of the molecule is CCCNCC(O)c1ccc(OC)c(Br)c1OC. The van der Waals surface area contributed by atoms with Crippen LogP contribution in [0.5, 0.6) is 11.5 Å². The molecule has 0 aliphatic heterocycles. The van der Waals surface area contributed by atoms with Crippen molar-refractivity contribution in [1.29, 1.82) is 0 Å². The highest BCUT2D eigenvalue weighted by Crippen LogP contribution is 2.39. The first-order valence-electron chi connectivity index (χ1n) is 5.94. The molecule has 1 unspecified atom stereocenters. The number of aliphatic hydroxyl groups is 1. The number of halogens is 1. The fourth-order valence-corrected chi connectivity index (χ4v) is 2.39. The van der Waals surface area contributed by atoms with Crippen molar-refractivity contribution in [1.82, 2.24) is 5.32 Å². The fourth-order valence-electron chi connectivity index (χ4n) is 1.71. The highest BCUT2D eigenvalue weighted by molar-refractivity contribution is 9.10. The fraction of sp³-hybridized carbons (Fsp3) is 0.538. The monoisotopic (exact) mass is 317 g/mol. The molecule has 5 heteroatoms. The van der Waals surface area contributed by atoms with E-state index < -0.39 is 6.10 Å². The van der Waals surface area contributed by atoms with Crippen LogP contribution >= 0.6 is 15.9 Å². The summed E-state index contributed by atoms with van der Waals surface area (Å²) in [6.07, 6.45) is 0.435. The maximum absolute atomic E-state index is 10.1. The Morgan fingerprint density at radius 2 is 2.06 bits per heavy atom. The van der Waals surface area contributed by atoms with E-state index in [-0.39, 0.29) is 0 Å². The van der Waals surface area contributed by atoms with Gasteiger partial charge >= 0.3 is 0 Å². The van der Waals surface area contributed by atoms with Gasteiger partial charge < -0.3 is 19.9 Å². The van der Waals surface area contributed by atoms with E-state index in [9.17, 15) is 5.11 Å². The topological polar surface area (TPSA) is 50.7 Å². The molecule has 0 spiro atoms. The summed E-state index contributed by atoms with van der Waals surface area (Å²) in [4.78, 5) is 0. The Balaban J connectivity index is 2.90. The smallest absolute Gasteiger partial charge is 0.142 e. The van der Waals surface area contributed by atoms with E-state index in [1.807, 2.05) is 12.1 Å². The van der Waals surface area contributed by atoms with Gasteiger partial charge in [0.15, 0.2) is 0 Å². The lowest BCUT2D eigenvalue weighted by molar-refractivity contribution is 0.170. The van der Waals surface area contributed by atoms with E-state index in [1.54, 1.807) is 14.2 Å². The lowest BCUT2D eigenvalue weighted by atomic mass is 10.1. The minimum atomic E-state index is -0.603. The number of methoxy groups -OCH3 is 2. The second-order valence-corrected chi connectivity index (χ2v) is 4.72. The summed E-state index contributed by atoms with van der Waals surface area (Å²) in [6.45, 7) is 3.48. The van der Waals surface area contributed by atoms with Crippen molar-refractivity contribution in [2.75, 3.05) is 27.3 Å². The predicted octanol–water partition coefficient (Wildman–Crippen LogP) is 2.50. The van der Waals surface area contributed by atoms with Gasteiger partial charge in [-0.3, -0.25) is 0 Å². The third-order valence-corrected chi connectivity index (χ3v) is 3.39. The van der Waals surface area contributed by atoms with Gasteiger partial charge in [0.1, 0.15) is 16.0 Å². The lowest BCUT2D eigenvalue weighted by Crippen LogP contribution is -2.22. The number of benzene rings is 1. The van der Waals surface area contributed by atoms with Crippen LogP contribution in [0.4, 0.5) is 0 Å². The molecule has 0 saturated heterocycles. The normalized spacial score (nSPS) is 12.3. The van der Waals surface area contributed by atoms with Gasteiger partial charge in [-0.15, -0.1) is 0 Å². The molecule has 0 saturated carbocycles. The summed E-state index contributed by atoms with van der Waals surface area (Å²) in [5.41, 5.74) is 0.744. The predicted molar refractivity (Wildman–Crippen MR) is 75.4 cm³/mol. The molecule has 1 rings (SSSR count). The number of rotatable bonds is 7. The van der Waals surface area contributed by atoms with Crippen molar-refractivity contribution in [3.8, 4) is 11.5 Å². The average molecular weight is 318 g/mol. The molecule has 1 aromatic carbocycles. The molecular formula is C13H20BrNO3. The van der Waals surface area contributed by atoms with E-state index in [0.29, 0.717) is 18.0 Å². The Bertz CT molecular complexity index is 385. The van der Waals surface area contributed by atoms with Crippen molar-refractivity contribution in [3.05, 3.63) is 22.2 Å². The van der Waals surface area contributed by atoms with Crippen LogP contribution in [-0.2, 0) is 0 Å². The van der Waals surface area contributed by atoms with Crippen molar-refractivity contribution in [2.24, 2.45) is 0 Å². The van der Waals surface area contributed by atoms with E-state index in [2.05, 4.69) is 28.2 Å². The Kier molecular flexibility index (Phi) is 6.46. The van der Waals surface area contributed by atoms with Crippen molar-refractivity contribution in [2.45, 2.75) is 19.4 Å². The quantitative estimate of drug-likeness (QED) is 0.759. The second-order valence-electron chi connectivity index (χ2n) is 3.92. The molecule has 0 amide bonds. The molecule has 0 bridgehead atoms. The Morgan fingerprint density at radius 1 is 1.33 bits per heavy atom. The van der Waals surface area contributed by atoms with Crippen LogP contribution in [0.1, 0.15) is 25.0 Å². The van der Waals surface area contributed by atoms with E-state index in [0.717, 1.165) is 23.0 Å². The summed E-state index contributed by atoms with van der Waals surface area (Å²) in [5.74, 6) is 1.30. The molecule has 1 atom stereocenters. The van der Waals surface area contributed by atoms with Gasteiger partial charge in [-0.25, -0.2) is 0 Å². The molecular weight excluding hydrogens is 298 g/mol. The highest BCUT2D eigenvalue weighted by atomic mass is 79.9. The number of hydrogen-bond donors (Lipinski definition) is 2. The number of hydrogen-bond acceptors (Lipinski definition) is 4. The first-order chi connectivity index (χ1) is 8.65. The molecule has 102 valence electrons. The standard InChI is InChI=1S/C13H20BrNO3/c1-4-7-15-8-10(16)9-5-6-11(17-2)12(14)13(9)18-3/h5-6,10,15-16H,4,7-8H2,1-3H3. The highest BCUT2D eigenvalue weighted by Gasteiger charge is 2.18. The van der Waals surface area contributed by atoms with Crippen molar-refractivity contribution >= 4 is 15.9 Å². The molecule has 0 heterocycles. The first kappa shape index (κ1) is 15.3. The van der Waals surface area contributed by atoms with Crippen molar-refractivity contribution in [3.63, 3.8) is 0 Å². The zero-order valence-corrected chi connectivity index (χ0v) is 12.6. The van der Waals surface area contributed by atoms with Crippen LogP contribution in [0.25, 0.3) is 0 Å². The van der Waals surface area contributed by atoms with Gasteiger partial charge in [-0.2, -0.15) is 0 Å². The van der Waals surface area contributed by atoms with Gasteiger partial charge in [0.25, 0.3) is 0 Å². The molecule has 0 fully saturated rings. The largest absolute Gasteiger partial charge is 0.495 e. The maximum Gasteiger partial charge on any atom is 0.142 e. The summed E-state index contributed by atoms with van der Waals surface area (Å²) in [7, 11) is 3.17. The molecule has 0 aromatic heterocycles. The summed E-state index contributed by atoms with van der Waals surface area (Å²) < 4.78 is 11.2. The molecule has 4 nitrogen and oxygen atoms in total. The number of aliphatic hydroxyl groups excluding tert-OH is 1. The van der Waals surface area contributed by atoms with Gasteiger partial charge in [-0.1, -0.05) is 6.92 Å². The zero-order valence-electron chi connectivity index (χ0n) is 11.0. The van der Waals surface area contributed by atoms with Crippen LogP contribution in [0.15, 0.2) is 16.6 Å². The van der Waals surface area contributed by atoms with Gasteiger partial charge in [-0.05, 0) is 41.0 Å². The third-order valence-electron chi connectivity index (χ3n) is 2.64. The number of ether oxygens (including phenoxy) is 2. The van der Waals surface area contributed by atoms with Gasteiger partial charge in [0.2, 0.25) is 0 Å². The summed E-state index contributed by atoms with van der Waals surface area (Å²) in [6, 6.07) is 3.63. The summed E-state index contributed by atoms with van der Waals surface area (Å²) >= 11 is 3.42. The third kappa shape index (κ3) is 3.60. The molecule has 18 heavy (non-hydrogen) atoms. The average Bonchev–Trinajstić information content (AvgIpc) is 2.38. The van der Waals surface area contributed by atoms with E-state index in [4.69, 9.17) is 9.47 Å². The first-order valence-corrected chi connectivity index (χ1v) is 6.74. The molecule has 0 aliphatic rings. The van der Waals surface area contributed by atoms with Gasteiger partial charge in [0, 0.05) is 12.1 Å². The molecule has 2 N–H and O–H groups in total. The molecule has 0 aliphatic carbocycles. The van der Waals surface area contributed by atoms with Crippen LogP contribution < -0.4 is 14.8 Å².